The van der Waals surface area contributed by atoms with E-state index < -0.39 is 0 Å². The summed E-state index contributed by atoms with van der Waals surface area (Å²) < 4.78 is 13.3. The predicted molar refractivity (Wildman–Crippen MR) is 128 cm³/mol. The van der Waals surface area contributed by atoms with Gasteiger partial charge in [0.1, 0.15) is 5.82 Å². The van der Waals surface area contributed by atoms with E-state index in [9.17, 15) is 9.18 Å². The second kappa shape index (κ2) is 9.03. The molecule has 0 bridgehead atoms. The van der Waals surface area contributed by atoms with Gasteiger partial charge in [0.2, 0.25) is 0 Å². The highest BCUT2D eigenvalue weighted by atomic mass is 35.5. The predicted octanol–water partition coefficient (Wildman–Crippen LogP) is 7.41. The summed E-state index contributed by atoms with van der Waals surface area (Å²) in [5, 5.41) is 0.748. The summed E-state index contributed by atoms with van der Waals surface area (Å²) >= 11 is 13.8. The Morgan fingerprint density at radius 3 is 2.48 bits per heavy atom. The van der Waals surface area contributed by atoms with Gasteiger partial charge in [-0.2, -0.15) is 0 Å². The van der Waals surface area contributed by atoms with Gasteiger partial charge in [-0.3, -0.25) is 9.79 Å². The average Bonchev–Trinajstić information content (AvgIpc) is 2.76. The summed E-state index contributed by atoms with van der Waals surface area (Å²) in [7, 11) is 0. The molecule has 1 aliphatic heterocycles. The van der Waals surface area contributed by atoms with Crippen LogP contribution >= 0.6 is 35.0 Å². The molecule has 0 radical (unpaired) electrons. The van der Waals surface area contributed by atoms with Crippen molar-refractivity contribution in [3.63, 3.8) is 0 Å². The highest BCUT2D eigenvalue weighted by Gasteiger charge is 2.32. The Morgan fingerprint density at radius 1 is 1.06 bits per heavy atom. The summed E-state index contributed by atoms with van der Waals surface area (Å²) in [6, 6.07) is 16.9. The van der Waals surface area contributed by atoms with Crippen LogP contribution in [0.3, 0.4) is 0 Å². The van der Waals surface area contributed by atoms with Crippen LogP contribution in [0.4, 0.5) is 15.8 Å². The second-order valence-corrected chi connectivity index (χ2v) is 8.97. The molecule has 1 unspecified atom stereocenters. The van der Waals surface area contributed by atoms with Gasteiger partial charge in [-0.05, 0) is 73.8 Å². The lowest BCUT2D eigenvalue weighted by molar-refractivity contribution is 0.0978. The standard InChI is InChI=1S/C24H19Cl2FN2OS/c1-14-11-22(28-17-6-4-16(27)5-7-17)19-13-18(31-2)8-10-23(19)29(14)24(30)15-3-9-20(25)21(26)12-15/h3-10,12-14H,11H2,1-2H3. The minimum absolute atomic E-state index is 0.131. The molecule has 0 saturated carbocycles. The molecule has 1 aliphatic rings. The number of amides is 1. The molecule has 0 aromatic heterocycles. The van der Waals surface area contributed by atoms with Gasteiger partial charge in [-0.15, -0.1) is 11.8 Å². The maximum absolute atomic E-state index is 13.4. The molecule has 1 heterocycles. The molecule has 31 heavy (non-hydrogen) atoms. The van der Waals surface area contributed by atoms with E-state index in [1.165, 1.54) is 12.1 Å². The first-order valence-electron chi connectivity index (χ1n) is 9.67. The van der Waals surface area contributed by atoms with E-state index in [1.807, 2.05) is 31.4 Å². The molecule has 0 fully saturated rings. The van der Waals surface area contributed by atoms with Gasteiger partial charge >= 0.3 is 0 Å². The third kappa shape index (κ3) is 4.49. The number of rotatable bonds is 3. The quantitative estimate of drug-likeness (QED) is 0.371. The summed E-state index contributed by atoms with van der Waals surface area (Å²) in [5.74, 6) is -0.450. The zero-order chi connectivity index (χ0) is 22.1. The molecule has 0 aliphatic carbocycles. The number of thioether (sulfide) groups is 1. The summed E-state index contributed by atoms with van der Waals surface area (Å²) in [4.78, 5) is 21.1. The maximum Gasteiger partial charge on any atom is 0.258 e. The van der Waals surface area contributed by atoms with Gasteiger partial charge < -0.3 is 4.90 Å². The minimum Gasteiger partial charge on any atom is -0.305 e. The van der Waals surface area contributed by atoms with Crippen LogP contribution in [0.1, 0.15) is 29.3 Å². The Labute approximate surface area is 194 Å². The third-order valence-corrected chi connectivity index (χ3v) is 6.64. The first-order valence-corrected chi connectivity index (χ1v) is 11.7. The highest BCUT2D eigenvalue weighted by molar-refractivity contribution is 7.98. The molecule has 1 amide bonds. The van der Waals surface area contributed by atoms with Crippen LogP contribution in [0.2, 0.25) is 10.0 Å². The van der Waals surface area contributed by atoms with Crippen molar-refractivity contribution < 1.29 is 9.18 Å². The number of hydrogen-bond donors (Lipinski definition) is 0. The van der Waals surface area contributed by atoms with Crippen molar-refractivity contribution in [2.24, 2.45) is 4.99 Å². The number of aliphatic imine (C=N–C) groups is 1. The fourth-order valence-electron chi connectivity index (χ4n) is 3.66. The van der Waals surface area contributed by atoms with Crippen molar-refractivity contribution in [1.82, 2.24) is 0 Å². The fourth-order valence-corrected chi connectivity index (χ4v) is 4.39. The zero-order valence-corrected chi connectivity index (χ0v) is 19.2. The van der Waals surface area contributed by atoms with Gasteiger partial charge in [-0.25, -0.2) is 4.39 Å². The van der Waals surface area contributed by atoms with Crippen LogP contribution in [-0.4, -0.2) is 23.9 Å². The Hall–Kier alpha value is -2.34. The van der Waals surface area contributed by atoms with E-state index in [0.717, 1.165) is 21.9 Å². The van der Waals surface area contributed by atoms with Gasteiger partial charge in [-0.1, -0.05) is 23.2 Å². The lowest BCUT2D eigenvalue weighted by Gasteiger charge is -2.36. The van der Waals surface area contributed by atoms with E-state index in [0.29, 0.717) is 27.7 Å². The van der Waals surface area contributed by atoms with Crippen molar-refractivity contribution in [2.75, 3.05) is 11.2 Å². The summed E-state index contributed by atoms with van der Waals surface area (Å²) in [5.41, 5.74) is 3.69. The fraction of sp³-hybridized carbons (Fsp3) is 0.167. The number of carbonyl (C=O) groups excluding carboxylic acids is 1. The first kappa shape index (κ1) is 21.9. The number of anilines is 1. The molecule has 7 heteroatoms. The monoisotopic (exact) mass is 472 g/mol. The molecule has 3 nitrogen and oxygen atoms in total. The Morgan fingerprint density at radius 2 is 1.81 bits per heavy atom. The van der Waals surface area contributed by atoms with Crippen molar-refractivity contribution in [3.8, 4) is 0 Å². The van der Waals surface area contributed by atoms with Gasteiger partial charge in [0.25, 0.3) is 5.91 Å². The molecular weight excluding hydrogens is 454 g/mol. The highest BCUT2D eigenvalue weighted by Crippen LogP contribution is 2.36. The van der Waals surface area contributed by atoms with Crippen molar-refractivity contribution in [2.45, 2.75) is 24.3 Å². The van der Waals surface area contributed by atoms with Gasteiger partial charge in [0.05, 0.1) is 27.1 Å². The van der Waals surface area contributed by atoms with E-state index in [2.05, 4.69) is 0 Å². The molecule has 0 spiro atoms. The molecule has 3 aromatic rings. The summed E-state index contributed by atoms with van der Waals surface area (Å²) in [6.07, 6.45) is 2.57. The number of carbonyl (C=O) groups is 1. The van der Waals surface area contributed by atoms with Crippen LogP contribution in [0.15, 0.2) is 70.6 Å². The Balaban J connectivity index is 1.80. The smallest absolute Gasteiger partial charge is 0.258 e. The molecule has 4 rings (SSSR count). The van der Waals surface area contributed by atoms with E-state index in [4.69, 9.17) is 28.2 Å². The van der Waals surface area contributed by atoms with Crippen LogP contribution in [0.5, 0.6) is 0 Å². The molecule has 1 atom stereocenters. The SMILES string of the molecule is CSc1ccc2c(c1)C(=Nc1ccc(F)cc1)CC(C)N2C(=O)c1ccc(Cl)c(Cl)c1. The molecule has 0 N–H and O–H groups in total. The van der Waals surface area contributed by atoms with E-state index in [-0.39, 0.29) is 17.8 Å². The minimum atomic E-state index is -0.301. The molecule has 3 aromatic carbocycles. The number of halogens is 3. The second-order valence-electron chi connectivity index (χ2n) is 7.28. The van der Waals surface area contributed by atoms with Crippen molar-refractivity contribution >= 4 is 58.0 Å². The van der Waals surface area contributed by atoms with Crippen LogP contribution in [0.25, 0.3) is 0 Å². The summed E-state index contributed by atoms with van der Waals surface area (Å²) in [6.45, 7) is 1.99. The van der Waals surface area contributed by atoms with Gasteiger partial charge in [0.15, 0.2) is 0 Å². The van der Waals surface area contributed by atoms with E-state index >= 15 is 0 Å². The lowest BCUT2D eigenvalue weighted by Crippen LogP contribution is -2.44. The average molecular weight is 473 g/mol. The molecule has 0 saturated heterocycles. The third-order valence-electron chi connectivity index (χ3n) is 5.18. The van der Waals surface area contributed by atoms with Crippen LogP contribution in [0, 0.1) is 5.82 Å². The maximum atomic E-state index is 13.4. The zero-order valence-electron chi connectivity index (χ0n) is 16.9. The van der Waals surface area contributed by atoms with Crippen molar-refractivity contribution in [1.29, 1.82) is 0 Å². The molecular formula is C24H19Cl2FN2OS. The number of fused-ring (bicyclic) bond motifs is 1. The number of benzene rings is 3. The van der Waals surface area contributed by atoms with Crippen LogP contribution in [-0.2, 0) is 0 Å². The Kier molecular flexibility index (Phi) is 6.37. The molecule has 158 valence electrons. The number of hydrogen-bond acceptors (Lipinski definition) is 3. The topological polar surface area (TPSA) is 32.7 Å². The normalized spacial score (nSPS) is 17.0. The largest absolute Gasteiger partial charge is 0.305 e. The van der Waals surface area contributed by atoms with E-state index in [1.54, 1.807) is 47.0 Å². The van der Waals surface area contributed by atoms with Gasteiger partial charge in [0, 0.05) is 28.5 Å². The number of nitrogens with zero attached hydrogens (tertiary/aromatic N) is 2. The van der Waals surface area contributed by atoms with Crippen molar-refractivity contribution in [3.05, 3.63) is 87.7 Å². The Bertz CT molecular complexity index is 1180. The lowest BCUT2D eigenvalue weighted by atomic mass is 9.93. The van der Waals surface area contributed by atoms with Crippen LogP contribution < -0.4 is 4.90 Å². The first-order chi connectivity index (χ1) is 14.9.